The monoisotopic (exact) mass is 251 g/mol. The van der Waals surface area contributed by atoms with Crippen molar-refractivity contribution in [2.24, 2.45) is 5.73 Å². The molecule has 19 heavy (non-hydrogen) atoms. The summed E-state index contributed by atoms with van der Waals surface area (Å²) in [7, 11) is 0. The van der Waals surface area contributed by atoms with E-state index in [9.17, 15) is 0 Å². The Kier molecular flexibility index (Phi) is 3.65. The standard InChI is InChI=1S/C18H21N/c19-13-18(15-5-2-1-3-6-15)12-14-9-10-16-7-4-8-17(16)11-14/h1-3,5-6,9-11,18H,4,7-8,12-13,19H2. The van der Waals surface area contributed by atoms with Gasteiger partial charge in [-0.05, 0) is 54.5 Å². The molecule has 0 saturated heterocycles. The summed E-state index contributed by atoms with van der Waals surface area (Å²) in [5.74, 6) is 0.431. The molecule has 0 heterocycles. The zero-order valence-corrected chi connectivity index (χ0v) is 11.3. The van der Waals surface area contributed by atoms with E-state index >= 15 is 0 Å². The van der Waals surface area contributed by atoms with E-state index in [2.05, 4.69) is 48.5 Å². The smallest absolute Gasteiger partial charge is 0.000157 e. The van der Waals surface area contributed by atoms with Gasteiger partial charge in [0.2, 0.25) is 0 Å². The molecule has 3 rings (SSSR count). The number of fused-ring (bicyclic) bond motifs is 1. The zero-order chi connectivity index (χ0) is 13.1. The first-order valence-electron chi connectivity index (χ1n) is 7.22. The van der Waals surface area contributed by atoms with Crippen molar-refractivity contribution in [1.29, 1.82) is 0 Å². The molecule has 0 fully saturated rings. The fraction of sp³-hybridized carbons (Fsp3) is 0.333. The summed E-state index contributed by atoms with van der Waals surface area (Å²) in [6, 6.07) is 17.6. The highest BCUT2D eigenvalue weighted by atomic mass is 14.5. The summed E-state index contributed by atoms with van der Waals surface area (Å²) in [5, 5.41) is 0. The Labute approximate surface area is 115 Å². The lowest BCUT2D eigenvalue weighted by Crippen LogP contribution is -2.15. The number of aryl methyl sites for hydroxylation is 2. The van der Waals surface area contributed by atoms with Crippen molar-refractivity contribution in [3.8, 4) is 0 Å². The molecule has 2 aromatic rings. The van der Waals surface area contributed by atoms with Crippen LogP contribution in [0.25, 0.3) is 0 Å². The van der Waals surface area contributed by atoms with Crippen LogP contribution >= 0.6 is 0 Å². The van der Waals surface area contributed by atoms with Gasteiger partial charge in [-0.3, -0.25) is 0 Å². The number of benzene rings is 2. The molecule has 1 nitrogen and oxygen atoms in total. The second-order valence-corrected chi connectivity index (χ2v) is 5.50. The van der Waals surface area contributed by atoms with Crippen molar-refractivity contribution in [2.45, 2.75) is 31.6 Å². The number of nitrogens with two attached hydrogens (primary N) is 1. The second kappa shape index (κ2) is 5.58. The van der Waals surface area contributed by atoms with Gasteiger partial charge in [-0.15, -0.1) is 0 Å². The Hall–Kier alpha value is -1.60. The van der Waals surface area contributed by atoms with Gasteiger partial charge in [0.05, 0.1) is 0 Å². The minimum Gasteiger partial charge on any atom is -0.330 e. The van der Waals surface area contributed by atoms with E-state index in [1.807, 2.05) is 0 Å². The molecule has 0 amide bonds. The minimum absolute atomic E-state index is 0.431. The molecule has 2 N–H and O–H groups in total. The second-order valence-electron chi connectivity index (χ2n) is 5.50. The molecular formula is C18H21N. The van der Waals surface area contributed by atoms with Crippen molar-refractivity contribution in [3.63, 3.8) is 0 Å². The van der Waals surface area contributed by atoms with Crippen LogP contribution in [0, 0.1) is 0 Å². The molecule has 1 heteroatoms. The third kappa shape index (κ3) is 2.71. The van der Waals surface area contributed by atoms with E-state index in [0.717, 1.165) is 6.42 Å². The molecule has 0 radical (unpaired) electrons. The zero-order valence-electron chi connectivity index (χ0n) is 11.3. The van der Waals surface area contributed by atoms with Crippen molar-refractivity contribution in [3.05, 3.63) is 70.8 Å². The van der Waals surface area contributed by atoms with E-state index in [4.69, 9.17) is 5.73 Å². The van der Waals surface area contributed by atoms with E-state index in [1.54, 1.807) is 11.1 Å². The largest absolute Gasteiger partial charge is 0.330 e. The van der Waals surface area contributed by atoms with E-state index in [-0.39, 0.29) is 0 Å². The Morgan fingerprint density at radius 3 is 2.53 bits per heavy atom. The Bertz CT molecular complexity index is 545. The van der Waals surface area contributed by atoms with E-state index in [0.29, 0.717) is 12.5 Å². The molecular weight excluding hydrogens is 230 g/mol. The fourth-order valence-corrected chi connectivity index (χ4v) is 3.10. The highest BCUT2D eigenvalue weighted by Crippen LogP contribution is 2.26. The normalized spacial score (nSPS) is 15.2. The van der Waals surface area contributed by atoms with Gasteiger partial charge in [0.1, 0.15) is 0 Å². The van der Waals surface area contributed by atoms with Crippen LogP contribution in [-0.2, 0) is 19.3 Å². The van der Waals surface area contributed by atoms with Gasteiger partial charge in [-0.25, -0.2) is 0 Å². The molecule has 1 atom stereocenters. The molecule has 0 aromatic heterocycles. The van der Waals surface area contributed by atoms with Crippen LogP contribution < -0.4 is 5.73 Å². The van der Waals surface area contributed by atoms with Crippen LogP contribution in [0.15, 0.2) is 48.5 Å². The molecule has 98 valence electrons. The molecule has 1 aliphatic carbocycles. The Morgan fingerprint density at radius 1 is 0.947 bits per heavy atom. The van der Waals surface area contributed by atoms with Gasteiger partial charge in [0, 0.05) is 5.92 Å². The van der Waals surface area contributed by atoms with Crippen molar-refractivity contribution in [2.75, 3.05) is 6.54 Å². The van der Waals surface area contributed by atoms with Crippen molar-refractivity contribution in [1.82, 2.24) is 0 Å². The van der Waals surface area contributed by atoms with Crippen LogP contribution in [0.5, 0.6) is 0 Å². The molecule has 0 aliphatic heterocycles. The molecule has 1 aliphatic rings. The topological polar surface area (TPSA) is 26.0 Å². The average molecular weight is 251 g/mol. The maximum absolute atomic E-state index is 5.97. The number of hydrogen-bond acceptors (Lipinski definition) is 1. The lowest BCUT2D eigenvalue weighted by molar-refractivity contribution is 0.694. The van der Waals surface area contributed by atoms with Crippen molar-refractivity contribution < 1.29 is 0 Å². The van der Waals surface area contributed by atoms with Gasteiger partial charge in [0.15, 0.2) is 0 Å². The van der Waals surface area contributed by atoms with E-state index < -0.39 is 0 Å². The summed E-state index contributed by atoms with van der Waals surface area (Å²) >= 11 is 0. The summed E-state index contributed by atoms with van der Waals surface area (Å²) in [6.07, 6.45) is 4.88. The maximum atomic E-state index is 5.97. The molecule has 0 bridgehead atoms. The highest BCUT2D eigenvalue weighted by molar-refractivity contribution is 5.36. The lowest BCUT2D eigenvalue weighted by Gasteiger charge is -2.16. The van der Waals surface area contributed by atoms with Gasteiger partial charge < -0.3 is 5.73 Å². The van der Waals surface area contributed by atoms with Gasteiger partial charge >= 0.3 is 0 Å². The number of hydrogen-bond donors (Lipinski definition) is 1. The Balaban J connectivity index is 1.80. The fourth-order valence-electron chi connectivity index (χ4n) is 3.10. The first-order chi connectivity index (χ1) is 9.36. The van der Waals surface area contributed by atoms with Crippen LogP contribution in [0.4, 0.5) is 0 Å². The van der Waals surface area contributed by atoms with Gasteiger partial charge in [0.25, 0.3) is 0 Å². The highest BCUT2D eigenvalue weighted by Gasteiger charge is 2.14. The summed E-state index contributed by atoms with van der Waals surface area (Å²) in [6.45, 7) is 0.709. The molecule has 2 aromatic carbocycles. The van der Waals surface area contributed by atoms with E-state index in [1.165, 1.54) is 30.4 Å². The lowest BCUT2D eigenvalue weighted by atomic mass is 9.91. The predicted molar refractivity (Wildman–Crippen MR) is 80.4 cm³/mol. The first kappa shape index (κ1) is 12.4. The predicted octanol–water partition coefficient (Wildman–Crippen LogP) is 3.46. The van der Waals surface area contributed by atoms with Crippen molar-refractivity contribution >= 4 is 0 Å². The van der Waals surface area contributed by atoms with Crippen LogP contribution in [0.2, 0.25) is 0 Å². The summed E-state index contributed by atoms with van der Waals surface area (Å²) < 4.78 is 0. The minimum atomic E-state index is 0.431. The quantitative estimate of drug-likeness (QED) is 0.884. The first-order valence-corrected chi connectivity index (χ1v) is 7.22. The molecule has 0 spiro atoms. The number of rotatable bonds is 4. The third-order valence-corrected chi connectivity index (χ3v) is 4.20. The SMILES string of the molecule is NCC(Cc1ccc2c(c1)CCC2)c1ccccc1. The van der Waals surface area contributed by atoms with Gasteiger partial charge in [-0.1, -0.05) is 48.5 Å². The third-order valence-electron chi connectivity index (χ3n) is 4.20. The molecule has 1 unspecified atom stereocenters. The van der Waals surface area contributed by atoms with Crippen LogP contribution in [0.1, 0.15) is 34.6 Å². The molecule has 0 saturated carbocycles. The maximum Gasteiger partial charge on any atom is 0.000157 e. The summed E-state index contributed by atoms with van der Waals surface area (Å²) in [4.78, 5) is 0. The van der Waals surface area contributed by atoms with Gasteiger partial charge in [-0.2, -0.15) is 0 Å². The summed E-state index contributed by atoms with van der Waals surface area (Å²) in [5.41, 5.74) is 11.9. The Morgan fingerprint density at radius 2 is 1.74 bits per heavy atom. The van der Waals surface area contributed by atoms with Crippen LogP contribution in [0.3, 0.4) is 0 Å². The average Bonchev–Trinajstić information content (AvgIpc) is 2.93. The van der Waals surface area contributed by atoms with Crippen LogP contribution in [-0.4, -0.2) is 6.54 Å².